The molecule has 0 saturated carbocycles. The number of halogens is 1. The summed E-state index contributed by atoms with van der Waals surface area (Å²) in [5, 5.41) is 18.3. The average Bonchev–Trinajstić information content (AvgIpc) is 2.38. The summed E-state index contributed by atoms with van der Waals surface area (Å²) in [4.78, 5) is 4.12. The molecule has 0 aliphatic rings. The van der Waals surface area contributed by atoms with E-state index in [4.69, 9.17) is 26.4 Å². The molecule has 2 N–H and O–H groups in total. The Labute approximate surface area is 110 Å². The molecule has 4 nitrogen and oxygen atoms in total. The van der Waals surface area contributed by atoms with Crippen molar-refractivity contribution in [3.63, 3.8) is 0 Å². The lowest BCUT2D eigenvalue weighted by atomic mass is 9.80. The van der Waals surface area contributed by atoms with Gasteiger partial charge in [0.2, 0.25) is 0 Å². The molecule has 0 spiro atoms. The van der Waals surface area contributed by atoms with E-state index < -0.39 is 7.12 Å². The van der Waals surface area contributed by atoms with Crippen LogP contribution in [0.15, 0.2) is 42.6 Å². The van der Waals surface area contributed by atoms with E-state index in [9.17, 15) is 0 Å². The minimum absolute atomic E-state index is 0.307. The lowest BCUT2D eigenvalue weighted by Crippen LogP contribution is -2.29. The van der Waals surface area contributed by atoms with Crippen molar-refractivity contribution in [3.05, 3.63) is 53.3 Å². The number of hydrogen-bond acceptors (Lipinski definition) is 4. The minimum atomic E-state index is -1.53. The normalized spacial score (nSPS) is 10.2. The highest BCUT2D eigenvalue weighted by Gasteiger charge is 2.13. The standard InChI is InChI=1S/C12H11BClNO3/c14-11-7-9(13(16)17)4-5-12(11)18-8-10-3-1-2-6-15-10/h1-7,16-17H,8H2. The maximum atomic E-state index is 8.99. The summed E-state index contributed by atoms with van der Waals surface area (Å²) in [6.07, 6.45) is 1.69. The van der Waals surface area contributed by atoms with E-state index in [1.54, 1.807) is 18.3 Å². The van der Waals surface area contributed by atoms with Gasteiger partial charge in [0, 0.05) is 6.20 Å². The molecule has 1 heterocycles. The SMILES string of the molecule is OB(O)c1ccc(OCc2ccccn2)c(Cl)c1. The van der Waals surface area contributed by atoms with Crippen molar-refractivity contribution in [1.29, 1.82) is 0 Å². The smallest absolute Gasteiger partial charge is 0.486 e. The van der Waals surface area contributed by atoms with Crippen molar-refractivity contribution >= 4 is 24.2 Å². The number of nitrogens with zero attached hydrogens (tertiary/aromatic N) is 1. The summed E-state index contributed by atoms with van der Waals surface area (Å²) >= 11 is 5.97. The third-order valence-electron chi connectivity index (χ3n) is 2.36. The molecule has 0 bridgehead atoms. The summed E-state index contributed by atoms with van der Waals surface area (Å²) in [6, 6.07) is 10.1. The van der Waals surface area contributed by atoms with Gasteiger partial charge < -0.3 is 14.8 Å². The Morgan fingerprint density at radius 2 is 2.06 bits per heavy atom. The van der Waals surface area contributed by atoms with Gasteiger partial charge in [-0.2, -0.15) is 0 Å². The van der Waals surface area contributed by atoms with Crippen LogP contribution in [0.2, 0.25) is 5.02 Å². The number of hydrogen-bond donors (Lipinski definition) is 2. The fourth-order valence-electron chi connectivity index (χ4n) is 1.43. The van der Waals surface area contributed by atoms with E-state index in [0.717, 1.165) is 5.69 Å². The molecule has 0 aliphatic carbocycles. The quantitative estimate of drug-likeness (QED) is 0.808. The van der Waals surface area contributed by atoms with Crippen LogP contribution in [0.25, 0.3) is 0 Å². The van der Waals surface area contributed by atoms with Gasteiger partial charge in [0.25, 0.3) is 0 Å². The summed E-state index contributed by atoms with van der Waals surface area (Å²) in [7, 11) is -1.53. The lowest BCUT2D eigenvalue weighted by molar-refractivity contribution is 0.301. The molecule has 6 heteroatoms. The fraction of sp³-hybridized carbons (Fsp3) is 0.0833. The van der Waals surface area contributed by atoms with E-state index in [0.29, 0.717) is 22.8 Å². The Hall–Kier alpha value is -1.56. The van der Waals surface area contributed by atoms with E-state index in [2.05, 4.69) is 4.98 Å². The van der Waals surface area contributed by atoms with Gasteiger partial charge in [0.05, 0.1) is 10.7 Å². The highest BCUT2D eigenvalue weighted by Crippen LogP contribution is 2.23. The highest BCUT2D eigenvalue weighted by atomic mass is 35.5. The van der Waals surface area contributed by atoms with E-state index >= 15 is 0 Å². The number of benzene rings is 1. The van der Waals surface area contributed by atoms with Crippen LogP contribution < -0.4 is 10.2 Å². The van der Waals surface area contributed by atoms with Gasteiger partial charge in [-0.15, -0.1) is 0 Å². The van der Waals surface area contributed by atoms with Crippen LogP contribution in [0.1, 0.15) is 5.69 Å². The molecule has 0 fully saturated rings. The van der Waals surface area contributed by atoms with Gasteiger partial charge in [0.1, 0.15) is 12.4 Å². The van der Waals surface area contributed by atoms with Crippen molar-refractivity contribution in [3.8, 4) is 5.75 Å². The predicted octanol–water partition coefficient (Wildman–Crippen LogP) is 0.994. The zero-order valence-corrected chi connectivity index (χ0v) is 10.2. The third-order valence-corrected chi connectivity index (χ3v) is 2.65. The Kier molecular flexibility index (Phi) is 4.20. The predicted molar refractivity (Wildman–Crippen MR) is 69.8 cm³/mol. The molecular formula is C12H11BClNO3. The molecule has 0 atom stereocenters. The van der Waals surface area contributed by atoms with E-state index in [1.165, 1.54) is 6.07 Å². The van der Waals surface area contributed by atoms with Gasteiger partial charge in [-0.1, -0.05) is 23.7 Å². The van der Waals surface area contributed by atoms with E-state index in [-0.39, 0.29) is 0 Å². The number of aromatic nitrogens is 1. The summed E-state index contributed by atoms with van der Waals surface area (Å²) in [5.74, 6) is 0.478. The molecule has 2 rings (SSSR count). The molecule has 92 valence electrons. The van der Waals surface area contributed by atoms with Crippen molar-refractivity contribution in [2.75, 3.05) is 0 Å². The Morgan fingerprint density at radius 1 is 1.22 bits per heavy atom. The lowest BCUT2D eigenvalue weighted by Gasteiger charge is -2.08. The van der Waals surface area contributed by atoms with Gasteiger partial charge >= 0.3 is 7.12 Å². The van der Waals surface area contributed by atoms with Crippen LogP contribution in [0.4, 0.5) is 0 Å². The van der Waals surface area contributed by atoms with Crippen LogP contribution in [0.5, 0.6) is 5.75 Å². The molecule has 2 aromatic rings. The van der Waals surface area contributed by atoms with Crippen molar-refractivity contribution in [1.82, 2.24) is 4.98 Å². The fourth-order valence-corrected chi connectivity index (χ4v) is 1.67. The molecule has 18 heavy (non-hydrogen) atoms. The van der Waals surface area contributed by atoms with Crippen LogP contribution >= 0.6 is 11.6 Å². The second-order valence-corrected chi connectivity index (χ2v) is 4.08. The van der Waals surface area contributed by atoms with Crippen LogP contribution in [0.3, 0.4) is 0 Å². The highest BCUT2D eigenvalue weighted by molar-refractivity contribution is 6.59. The van der Waals surface area contributed by atoms with Gasteiger partial charge in [0.15, 0.2) is 0 Å². The van der Waals surface area contributed by atoms with Gasteiger partial charge in [-0.3, -0.25) is 4.98 Å². The van der Waals surface area contributed by atoms with Gasteiger partial charge in [-0.05, 0) is 29.7 Å². The monoisotopic (exact) mass is 263 g/mol. The van der Waals surface area contributed by atoms with E-state index in [1.807, 2.05) is 18.2 Å². The molecular weight excluding hydrogens is 252 g/mol. The second kappa shape index (κ2) is 5.86. The molecule has 0 amide bonds. The maximum Gasteiger partial charge on any atom is 0.488 e. The first-order chi connectivity index (χ1) is 8.66. The molecule has 1 aromatic carbocycles. The molecule has 1 aromatic heterocycles. The Balaban J connectivity index is 2.06. The largest absolute Gasteiger partial charge is 0.488 e. The van der Waals surface area contributed by atoms with Crippen molar-refractivity contribution < 1.29 is 14.8 Å². The summed E-state index contributed by atoms with van der Waals surface area (Å²) < 4.78 is 5.50. The Bertz CT molecular complexity index is 522. The number of rotatable bonds is 4. The summed E-state index contributed by atoms with van der Waals surface area (Å²) in [6.45, 7) is 0.307. The second-order valence-electron chi connectivity index (χ2n) is 3.67. The Morgan fingerprint density at radius 3 is 2.67 bits per heavy atom. The third kappa shape index (κ3) is 3.23. The van der Waals surface area contributed by atoms with Gasteiger partial charge in [-0.25, -0.2) is 0 Å². The zero-order valence-electron chi connectivity index (χ0n) is 9.45. The average molecular weight is 263 g/mol. The first-order valence-electron chi connectivity index (χ1n) is 5.35. The number of pyridine rings is 1. The minimum Gasteiger partial charge on any atom is -0.486 e. The molecule has 0 aliphatic heterocycles. The first kappa shape index (κ1) is 12.9. The number of ether oxygens (including phenoxy) is 1. The van der Waals surface area contributed by atoms with Crippen LogP contribution in [0, 0.1) is 0 Å². The topological polar surface area (TPSA) is 62.6 Å². The maximum absolute atomic E-state index is 8.99. The molecule has 0 saturated heterocycles. The van der Waals surface area contributed by atoms with Crippen molar-refractivity contribution in [2.24, 2.45) is 0 Å². The zero-order chi connectivity index (χ0) is 13.0. The van der Waals surface area contributed by atoms with Crippen LogP contribution in [-0.4, -0.2) is 22.2 Å². The summed E-state index contributed by atoms with van der Waals surface area (Å²) in [5.41, 5.74) is 1.12. The first-order valence-corrected chi connectivity index (χ1v) is 5.73. The van der Waals surface area contributed by atoms with Crippen LogP contribution in [-0.2, 0) is 6.61 Å². The molecule has 0 radical (unpaired) electrons. The molecule has 0 unspecified atom stereocenters. The van der Waals surface area contributed by atoms with Crippen molar-refractivity contribution in [2.45, 2.75) is 6.61 Å².